The van der Waals surface area contributed by atoms with Crippen LogP contribution in [0.4, 0.5) is 5.69 Å². The molecule has 40 heavy (non-hydrogen) atoms. The lowest BCUT2D eigenvalue weighted by Crippen LogP contribution is -2.36. The van der Waals surface area contributed by atoms with Gasteiger partial charge >= 0.3 is 5.97 Å². The third kappa shape index (κ3) is 10.2. The second-order valence-corrected chi connectivity index (χ2v) is 14.1. The van der Waals surface area contributed by atoms with Gasteiger partial charge in [0.05, 0.1) is 13.2 Å². The van der Waals surface area contributed by atoms with Gasteiger partial charge in [-0.05, 0) is 95.2 Å². The second-order valence-electron chi connectivity index (χ2n) is 12.4. The molecule has 1 amide bonds. The highest BCUT2D eigenvalue weighted by molar-refractivity contribution is 8.01. The van der Waals surface area contributed by atoms with Crippen molar-refractivity contribution >= 4 is 29.3 Å². The summed E-state index contributed by atoms with van der Waals surface area (Å²) >= 11 is 1.49. The van der Waals surface area contributed by atoms with E-state index in [1.54, 1.807) is 7.11 Å². The number of nitrogens with zero attached hydrogens (tertiary/aromatic N) is 1. The van der Waals surface area contributed by atoms with Crippen molar-refractivity contribution in [3.63, 3.8) is 0 Å². The number of esters is 1. The maximum absolute atomic E-state index is 13.0. The molecule has 1 fully saturated rings. The quantitative estimate of drug-likeness (QED) is 0.213. The number of carbonyl (C=O) groups is 2. The van der Waals surface area contributed by atoms with E-state index in [2.05, 4.69) is 47.5 Å². The summed E-state index contributed by atoms with van der Waals surface area (Å²) in [5.74, 6) is 0.385. The van der Waals surface area contributed by atoms with Crippen LogP contribution in [0.3, 0.4) is 0 Å². The van der Waals surface area contributed by atoms with E-state index in [9.17, 15) is 9.59 Å². The van der Waals surface area contributed by atoms with E-state index >= 15 is 0 Å². The maximum atomic E-state index is 13.0. The number of ether oxygens (including phenoxy) is 2. The van der Waals surface area contributed by atoms with Gasteiger partial charge in [0.2, 0.25) is 5.91 Å². The Balaban J connectivity index is 1.59. The van der Waals surface area contributed by atoms with Crippen LogP contribution in [-0.2, 0) is 25.6 Å². The molecule has 0 bridgehead atoms. The molecule has 0 unspecified atom stereocenters. The van der Waals surface area contributed by atoms with Crippen LogP contribution in [0, 0.1) is 6.92 Å². The molecular weight excluding hydrogens is 520 g/mol. The smallest absolute Gasteiger partial charge is 0.322 e. The number of amides is 1. The summed E-state index contributed by atoms with van der Waals surface area (Å²) < 4.78 is 10.2. The van der Waals surface area contributed by atoms with Gasteiger partial charge in [-0.15, -0.1) is 11.8 Å². The summed E-state index contributed by atoms with van der Waals surface area (Å²) in [4.78, 5) is 28.8. The topological polar surface area (TPSA) is 67.9 Å². The minimum Gasteiger partial charge on any atom is -0.459 e. The van der Waals surface area contributed by atoms with Gasteiger partial charge in [-0.3, -0.25) is 14.5 Å². The second kappa shape index (κ2) is 14.5. The summed E-state index contributed by atoms with van der Waals surface area (Å²) in [5, 5.41) is 3.13. The molecular formula is C33H48N2O4S. The molecule has 6 nitrogen and oxygen atoms in total. The Hall–Kier alpha value is -2.35. The van der Waals surface area contributed by atoms with Gasteiger partial charge in [-0.2, -0.15) is 0 Å². The fourth-order valence-electron chi connectivity index (χ4n) is 5.00. The summed E-state index contributed by atoms with van der Waals surface area (Å²) in [6, 6.07) is 14.7. The van der Waals surface area contributed by atoms with E-state index in [0.29, 0.717) is 25.6 Å². The summed E-state index contributed by atoms with van der Waals surface area (Å²) in [5.41, 5.74) is 3.96. The van der Waals surface area contributed by atoms with Gasteiger partial charge in [0.25, 0.3) is 0 Å². The predicted molar refractivity (Wildman–Crippen MR) is 165 cm³/mol. The van der Waals surface area contributed by atoms with E-state index in [0.717, 1.165) is 21.7 Å². The number of benzene rings is 2. The highest BCUT2D eigenvalue weighted by Crippen LogP contribution is 2.35. The van der Waals surface area contributed by atoms with E-state index in [1.807, 2.05) is 46.8 Å². The first-order valence-electron chi connectivity index (χ1n) is 14.5. The SMILES string of the molecule is COCCN(CC(=O)Nc1ccc(C2CCCCC2)cc1C)Cc1ccc(SC(C)(C)C(=O)OC(C)(C)C)cc1. The van der Waals surface area contributed by atoms with Crippen LogP contribution in [-0.4, -0.2) is 53.9 Å². The number of nitrogens with one attached hydrogen (secondary N) is 1. The van der Waals surface area contributed by atoms with Crippen LogP contribution in [0.5, 0.6) is 0 Å². The van der Waals surface area contributed by atoms with Gasteiger partial charge in [-0.25, -0.2) is 0 Å². The average molecular weight is 569 g/mol. The summed E-state index contributed by atoms with van der Waals surface area (Å²) in [6.07, 6.45) is 6.50. The number of rotatable bonds is 12. The number of carbonyl (C=O) groups excluding carboxylic acids is 2. The van der Waals surface area contributed by atoms with Crippen molar-refractivity contribution < 1.29 is 19.1 Å². The van der Waals surface area contributed by atoms with E-state index < -0.39 is 10.3 Å². The van der Waals surface area contributed by atoms with E-state index in [-0.39, 0.29) is 18.4 Å². The highest BCUT2D eigenvalue weighted by atomic mass is 32.2. The van der Waals surface area contributed by atoms with Crippen molar-refractivity contribution in [1.29, 1.82) is 0 Å². The minimum atomic E-state index is -0.704. The van der Waals surface area contributed by atoms with E-state index in [1.165, 1.54) is 49.4 Å². The molecule has 0 spiro atoms. The van der Waals surface area contributed by atoms with Crippen LogP contribution in [0.1, 0.15) is 89.3 Å². The van der Waals surface area contributed by atoms with Gasteiger partial charge < -0.3 is 14.8 Å². The Morgan fingerprint density at radius 1 is 1.00 bits per heavy atom. The van der Waals surface area contributed by atoms with Gasteiger partial charge in [0.15, 0.2) is 0 Å². The van der Waals surface area contributed by atoms with Crippen LogP contribution < -0.4 is 5.32 Å². The molecule has 1 aliphatic carbocycles. The number of methoxy groups -OCH3 is 1. The van der Waals surface area contributed by atoms with Crippen molar-refractivity contribution in [3.8, 4) is 0 Å². The fraction of sp³-hybridized carbons (Fsp3) is 0.576. The molecule has 3 rings (SSSR count). The molecule has 1 aliphatic rings. The molecule has 0 atom stereocenters. The molecule has 0 aliphatic heterocycles. The third-order valence-electron chi connectivity index (χ3n) is 7.17. The van der Waals surface area contributed by atoms with E-state index in [4.69, 9.17) is 9.47 Å². The van der Waals surface area contributed by atoms with Crippen LogP contribution in [0.25, 0.3) is 0 Å². The lowest BCUT2D eigenvalue weighted by Gasteiger charge is -2.28. The third-order valence-corrected chi connectivity index (χ3v) is 8.36. The lowest BCUT2D eigenvalue weighted by molar-refractivity contribution is -0.156. The predicted octanol–water partition coefficient (Wildman–Crippen LogP) is 7.34. The molecule has 7 heteroatoms. The molecule has 0 heterocycles. The minimum absolute atomic E-state index is 0.0316. The first kappa shape index (κ1) is 32.2. The van der Waals surface area contributed by atoms with Crippen molar-refractivity contribution in [2.24, 2.45) is 0 Å². The van der Waals surface area contributed by atoms with Crippen LogP contribution in [0.2, 0.25) is 0 Å². The van der Waals surface area contributed by atoms with Gasteiger partial charge in [0.1, 0.15) is 10.3 Å². The highest BCUT2D eigenvalue weighted by Gasteiger charge is 2.33. The maximum Gasteiger partial charge on any atom is 0.322 e. The average Bonchev–Trinajstić information content (AvgIpc) is 2.89. The number of hydrogen-bond acceptors (Lipinski definition) is 6. The molecule has 220 valence electrons. The molecule has 2 aromatic rings. The zero-order chi connectivity index (χ0) is 29.3. The van der Waals surface area contributed by atoms with Crippen molar-refractivity contribution in [2.45, 2.75) is 101 Å². The molecule has 0 saturated heterocycles. The zero-order valence-corrected chi connectivity index (χ0v) is 26.3. The standard InChI is InChI=1S/C33H48N2O4S/c1-24-21-27(26-11-9-8-10-12-26)15-18-29(24)34-30(36)23-35(19-20-38-7)22-25-13-16-28(17-14-25)40-33(5,6)31(37)39-32(2,3)4/h13-18,21,26H,8-12,19-20,22-23H2,1-7H3,(H,34,36). The molecule has 2 aromatic carbocycles. The number of thioether (sulfide) groups is 1. The number of hydrogen-bond donors (Lipinski definition) is 1. The Kier molecular flexibility index (Phi) is 11.7. The Morgan fingerprint density at radius 2 is 1.68 bits per heavy atom. The van der Waals surface area contributed by atoms with Crippen molar-refractivity contribution in [1.82, 2.24) is 4.90 Å². The monoisotopic (exact) mass is 568 g/mol. The normalized spacial score (nSPS) is 14.8. The molecule has 0 aromatic heterocycles. The number of aryl methyl sites for hydroxylation is 1. The Morgan fingerprint density at radius 3 is 2.27 bits per heavy atom. The van der Waals surface area contributed by atoms with Crippen molar-refractivity contribution in [2.75, 3.05) is 32.1 Å². The first-order chi connectivity index (χ1) is 18.9. The molecule has 0 radical (unpaired) electrons. The van der Waals surface area contributed by atoms with Gasteiger partial charge in [0, 0.05) is 30.8 Å². The summed E-state index contributed by atoms with van der Waals surface area (Å²) in [6.45, 7) is 13.6. The Bertz CT molecular complexity index is 1120. The molecule has 1 saturated carbocycles. The zero-order valence-electron chi connectivity index (χ0n) is 25.5. The van der Waals surface area contributed by atoms with Crippen LogP contribution >= 0.6 is 11.8 Å². The first-order valence-corrected chi connectivity index (χ1v) is 15.3. The van der Waals surface area contributed by atoms with Crippen molar-refractivity contribution in [3.05, 3.63) is 59.2 Å². The molecule has 1 N–H and O–H groups in total. The number of anilines is 1. The van der Waals surface area contributed by atoms with Gasteiger partial charge in [-0.1, -0.05) is 43.5 Å². The Labute approximate surface area is 245 Å². The largest absolute Gasteiger partial charge is 0.459 e. The lowest BCUT2D eigenvalue weighted by atomic mass is 9.83. The van der Waals surface area contributed by atoms with Crippen LogP contribution in [0.15, 0.2) is 47.4 Å². The fourth-order valence-corrected chi connectivity index (χ4v) is 5.99. The summed E-state index contributed by atoms with van der Waals surface area (Å²) in [7, 11) is 1.67.